The van der Waals surface area contributed by atoms with Crippen LogP contribution in [-0.4, -0.2) is 98.9 Å². The summed E-state index contributed by atoms with van der Waals surface area (Å²) in [6.45, 7) is 5.30. The lowest BCUT2D eigenvalue weighted by molar-refractivity contribution is -0.118. The molecule has 46 heavy (non-hydrogen) atoms. The van der Waals surface area contributed by atoms with Crippen LogP contribution in [0.1, 0.15) is 31.2 Å². The van der Waals surface area contributed by atoms with Crippen molar-refractivity contribution in [1.82, 2.24) is 24.3 Å². The van der Waals surface area contributed by atoms with Crippen molar-refractivity contribution >= 4 is 28.9 Å². The molecule has 4 aliphatic rings. The quantitative estimate of drug-likeness (QED) is 0.343. The van der Waals surface area contributed by atoms with Crippen molar-refractivity contribution in [3.63, 3.8) is 0 Å². The second-order valence-electron chi connectivity index (χ2n) is 12.7. The third-order valence-corrected chi connectivity index (χ3v) is 10.00. The predicted molar refractivity (Wildman–Crippen MR) is 177 cm³/mol. The number of carbonyl (C=O) groups excluding carboxylic acids is 1. The van der Waals surface area contributed by atoms with Gasteiger partial charge in [0.2, 0.25) is 0 Å². The van der Waals surface area contributed by atoms with Gasteiger partial charge in [-0.15, -0.1) is 0 Å². The molecule has 7 rings (SSSR count). The fourth-order valence-electron chi connectivity index (χ4n) is 7.57. The summed E-state index contributed by atoms with van der Waals surface area (Å²) in [6.07, 6.45) is 12.0. The highest BCUT2D eigenvalue weighted by atomic mass is 16.3. The molecule has 3 fully saturated rings. The van der Waals surface area contributed by atoms with Crippen LogP contribution in [0.15, 0.2) is 59.4 Å². The third kappa shape index (κ3) is 5.65. The van der Waals surface area contributed by atoms with Gasteiger partial charge in [0, 0.05) is 82.4 Å². The van der Waals surface area contributed by atoms with E-state index in [-0.39, 0.29) is 24.7 Å². The Kier molecular flexibility index (Phi) is 8.50. The topological polar surface area (TPSA) is 130 Å². The van der Waals surface area contributed by atoms with Gasteiger partial charge in [0.15, 0.2) is 0 Å². The second kappa shape index (κ2) is 12.9. The number of hydrogen-bond donors (Lipinski definition) is 3. The number of nitrogens with one attached hydrogen (secondary N) is 1. The molecule has 3 aliphatic heterocycles. The highest BCUT2D eigenvalue weighted by Gasteiger charge is 2.43. The van der Waals surface area contributed by atoms with E-state index in [0.29, 0.717) is 59.1 Å². The Hall–Kier alpha value is -4.26. The molecular formula is C34H42N8O4. The molecule has 0 bridgehead atoms. The summed E-state index contributed by atoms with van der Waals surface area (Å²) in [5.74, 6) is 1.37. The Labute approximate surface area is 268 Å². The Bertz CT molecular complexity index is 1680. The number of fused-ring (bicyclic) bond motifs is 3. The van der Waals surface area contributed by atoms with Crippen molar-refractivity contribution in [2.75, 3.05) is 67.5 Å². The summed E-state index contributed by atoms with van der Waals surface area (Å²) in [4.78, 5) is 44.7. The maximum Gasteiger partial charge on any atom is 0.275 e. The average molecular weight is 627 g/mol. The van der Waals surface area contributed by atoms with Gasteiger partial charge in [-0.1, -0.05) is 18.9 Å². The number of rotatable bonds is 8. The number of β-amino-alcohol motifs (C(OH)–C–C–N with tert-alkyl or cyclic N) is 1. The molecule has 0 radical (unpaired) electrons. The molecule has 3 N–H and O–H groups in total. The summed E-state index contributed by atoms with van der Waals surface area (Å²) >= 11 is 0. The molecule has 2 unspecified atom stereocenters. The summed E-state index contributed by atoms with van der Waals surface area (Å²) in [5, 5.41) is 23.0. The molecule has 1 amide bonds. The van der Waals surface area contributed by atoms with Crippen LogP contribution in [0.4, 0.5) is 23.0 Å². The maximum atomic E-state index is 13.8. The lowest BCUT2D eigenvalue weighted by Gasteiger charge is -2.40. The molecule has 0 spiro atoms. The van der Waals surface area contributed by atoms with Crippen LogP contribution >= 0.6 is 0 Å². The fourth-order valence-corrected chi connectivity index (χ4v) is 7.57. The van der Waals surface area contributed by atoms with E-state index in [1.807, 2.05) is 24.4 Å². The van der Waals surface area contributed by atoms with E-state index < -0.39 is 0 Å². The fraction of sp³-hybridized carbons (Fsp3) is 0.471. The third-order valence-electron chi connectivity index (χ3n) is 10.00. The summed E-state index contributed by atoms with van der Waals surface area (Å²) in [6, 6.07) is 7.86. The zero-order valence-electron chi connectivity index (χ0n) is 26.3. The molecule has 3 aromatic heterocycles. The zero-order chi connectivity index (χ0) is 31.8. The van der Waals surface area contributed by atoms with Crippen LogP contribution in [0.3, 0.4) is 0 Å². The number of aryl methyl sites for hydroxylation is 1. The van der Waals surface area contributed by atoms with E-state index in [1.165, 1.54) is 17.4 Å². The summed E-state index contributed by atoms with van der Waals surface area (Å²) in [5.41, 5.74) is 3.88. The van der Waals surface area contributed by atoms with E-state index in [0.717, 1.165) is 56.9 Å². The number of aliphatic hydroxyl groups excluding tert-OH is 2. The molecule has 3 aromatic rings. The first-order chi connectivity index (χ1) is 22.4. The SMILES string of the molecule is Cn1cc(-c2ccnc(N3CCN4C(=CC5CCCCC54)C3=O)c2CO)cc(Nc2ccc(N3CCN(CCO)CC3)cn2)c1=O. The van der Waals surface area contributed by atoms with Crippen molar-refractivity contribution in [2.45, 2.75) is 38.3 Å². The van der Waals surface area contributed by atoms with Crippen LogP contribution in [0.2, 0.25) is 0 Å². The monoisotopic (exact) mass is 626 g/mol. The van der Waals surface area contributed by atoms with E-state index in [9.17, 15) is 19.8 Å². The molecule has 2 saturated heterocycles. The molecule has 1 aliphatic carbocycles. The van der Waals surface area contributed by atoms with Gasteiger partial charge < -0.3 is 29.9 Å². The van der Waals surface area contributed by atoms with Gasteiger partial charge >= 0.3 is 0 Å². The molecule has 12 heteroatoms. The minimum atomic E-state index is -0.306. The molecular weight excluding hydrogens is 584 g/mol. The lowest BCUT2D eigenvalue weighted by Crippen LogP contribution is -2.51. The van der Waals surface area contributed by atoms with E-state index >= 15 is 0 Å². The standard InChI is InChI=1S/C34H42N8O4/c1-38-21-24(18-28(33(38)45)37-31-7-6-25(20-36-31)40-12-10-39(11-13-40)16-17-43)26-8-9-35-32(27(26)22-44)42-15-14-41-29-5-3-2-4-23(29)19-30(41)34(42)46/h6-9,18-21,23,29,43-44H,2-5,10-17,22H2,1H3,(H,36,37). The lowest BCUT2D eigenvalue weighted by atomic mass is 9.86. The van der Waals surface area contributed by atoms with Crippen LogP contribution in [0, 0.1) is 5.92 Å². The molecule has 12 nitrogen and oxygen atoms in total. The number of amides is 1. The number of anilines is 4. The first-order valence-electron chi connectivity index (χ1n) is 16.4. The Balaban J connectivity index is 1.13. The number of nitrogens with zero attached hydrogens (tertiary/aromatic N) is 7. The number of piperazine rings is 2. The van der Waals surface area contributed by atoms with Crippen LogP contribution < -0.4 is 20.7 Å². The molecule has 1 saturated carbocycles. The Morgan fingerprint density at radius 1 is 0.978 bits per heavy atom. The number of pyridine rings is 3. The van der Waals surface area contributed by atoms with Gasteiger partial charge in [-0.2, -0.15) is 0 Å². The number of aromatic nitrogens is 3. The second-order valence-corrected chi connectivity index (χ2v) is 12.7. The van der Waals surface area contributed by atoms with E-state index in [2.05, 4.69) is 36.1 Å². The normalized spacial score (nSPS) is 21.7. The van der Waals surface area contributed by atoms with Gasteiger partial charge in [-0.25, -0.2) is 9.97 Å². The van der Waals surface area contributed by atoms with Crippen molar-refractivity contribution in [3.05, 3.63) is 70.5 Å². The summed E-state index contributed by atoms with van der Waals surface area (Å²) in [7, 11) is 1.69. The van der Waals surface area contributed by atoms with Crippen LogP contribution in [0.5, 0.6) is 0 Å². The largest absolute Gasteiger partial charge is 0.395 e. The first-order valence-corrected chi connectivity index (χ1v) is 16.4. The minimum Gasteiger partial charge on any atom is -0.395 e. The van der Waals surface area contributed by atoms with Gasteiger partial charge in [0.1, 0.15) is 17.3 Å². The minimum absolute atomic E-state index is 0.0654. The van der Waals surface area contributed by atoms with Gasteiger partial charge in [0.05, 0.1) is 30.8 Å². The molecule has 242 valence electrons. The number of carbonyl (C=O) groups is 1. The van der Waals surface area contributed by atoms with Crippen molar-refractivity contribution in [2.24, 2.45) is 13.0 Å². The molecule has 6 heterocycles. The Morgan fingerprint density at radius 2 is 1.80 bits per heavy atom. The van der Waals surface area contributed by atoms with E-state index in [4.69, 9.17) is 0 Å². The van der Waals surface area contributed by atoms with Crippen molar-refractivity contribution in [1.29, 1.82) is 0 Å². The number of hydrogen-bond acceptors (Lipinski definition) is 10. The van der Waals surface area contributed by atoms with Crippen molar-refractivity contribution < 1.29 is 15.0 Å². The van der Waals surface area contributed by atoms with Crippen molar-refractivity contribution in [3.8, 4) is 11.1 Å². The maximum absolute atomic E-state index is 13.8. The first kappa shape index (κ1) is 30.4. The molecule has 0 aromatic carbocycles. The van der Waals surface area contributed by atoms with Crippen LogP contribution in [-0.2, 0) is 18.4 Å². The average Bonchev–Trinajstić information content (AvgIpc) is 3.47. The highest BCUT2D eigenvalue weighted by Crippen LogP contribution is 2.41. The highest BCUT2D eigenvalue weighted by molar-refractivity contribution is 6.06. The van der Waals surface area contributed by atoms with Gasteiger partial charge in [-0.3, -0.25) is 19.4 Å². The molecule has 2 atom stereocenters. The van der Waals surface area contributed by atoms with Gasteiger partial charge in [0.25, 0.3) is 11.5 Å². The summed E-state index contributed by atoms with van der Waals surface area (Å²) < 4.78 is 1.51. The predicted octanol–water partition coefficient (Wildman–Crippen LogP) is 2.30. The van der Waals surface area contributed by atoms with Gasteiger partial charge in [-0.05, 0) is 48.6 Å². The zero-order valence-corrected chi connectivity index (χ0v) is 26.3. The van der Waals surface area contributed by atoms with Crippen LogP contribution in [0.25, 0.3) is 11.1 Å². The Morgan fingerprint density at radius 3 is 2.57 bits per heavy atom. The van der Waals surface area contributed by atoms with E-state index in [1.54, 1.807) is 30.4 Å². The number of aliphatic hydroxyl groups is 2. The smallest absolute Gasteiger partial charge is 0.275 e.